The standard InChI is InChI=1S/C41H47NO20/c1-19(43)54-18-40-32(58-22(4)46)28(56-20(2)44)27-30(57-21(3)45)41(40)39(8,52)31(29(33(40)59-23(5)47)60-34(48)24-12-15-53-16-24)61-36(50)37(6,51)13-11-26-25(10-9-14-42-26)35(49)55-17-38(27,7)62-41/h9-10,12,14-16,27-33,51-52H,11,13,17-18H2,1-8H3/t27-,28+,29+,30-,31-,32+,33+,37-,38+,39-,40-,41-/m0/s1. The Bertz CT molecular complexity index is 2150. The lowest BCUT2D eigenvalue weighted by atomic mass is 9.45. The molecule has 2 N–H and O–H groups in total. The van der Waals surface area contributed by atoms with Crippen molar-refractivity contribution in [3.63, 3.8) is 0 Å². The van der Waals surface area contributed by atoms with Crippen molar-refractivity contribution in [2.24, 2.45) is 11.3 Å². The molecule has 3 fully saturated rings. The number of ether oxygens (including phenoxy) is 9. The van der Waals surface area contributed by atoms with Gasteiger partial charge in [0, 0.05) is 40.8 Å². The van der Waals surface area contributed by atoms with Crippen LogP contribution in [0, 0.1) is 11.3 Å². The topological polar surface area (TPSA) is 286 Å². The molecule has 21 heteroatoms. The molecule has 0 aromatic carbocycles. The van der Waals surface area contributed by atoms with E-state index in [9.17, 15) is 48.6 Å². The fourth-order valence-corrected chi connectivity index (χ4v) is 9.53. The Kier molecular flexibility index (Phi) is 12.1. The fraction of sp³-hybridized carbons (Fsp3) is 0.585. The van der Waals surface area contributed by atoms with Crippen molar-refractivity contribution in [1.29, 1.82) is 0 Å². The number of hydrogen-bond donors (Lipinski definition) is 2. The second-order valence-corrected chi connectivity index (χ2v) is 16.4. The third-order valence-corrected chi connectivity index (χ3v) is 11.9. The molecule has 21 nitrogen and oxygen atoms in total. The average molecular weight is 874 g/mol. The summed E-state index contributed by atoms with van der Waals surface area (Å²) < 4.78 is 59.6. The van der Waals surface area contributed by atoms with E-state index in [2.05, 4.69) is 4.98 Å². The van der Waals surface area contributed by atoms with Gasteiger partial charge in [0.25, 0.3) is 0 Å². The highest BCUT2D eigenvalue weighted by molar-refractivity contribution is 5.91. The number of hydrogen-bond acceptors (Lipinski definition) is 21. The Labute approximate surface area is 353 Å². The van der Waals surface area contributed by atoms with Crippen LogP contribution in [-0.2, 0) is 77.8 Å². The number of aryl methyl sites for hydroxylation is 1. The molecule has 0 amide bonds. The van der Waals surface area contributed by atoms with E-state index >= 15 is 0 Å². The minimum atomic E-state index is -3.00. The average Bonchev–Trinajstić information content (AvgIpc) is 3.79. The molecule has 1 saturated heterocycles. The van der Waals surface area contributed by atoms with Gasteiger partial charge in [-0.2, -0.15) is 0 Å². The van der Waals surface area contributed by atoms with Crippen LogP contribution in [0.1, 0.15) is 88.2 Å². The van der Waals surface area contributed by atoms with E-state index in [1.165, 1.54) is 31.3 Å². The first-order valence-electron chi connectivity index (χ1n) is 19.5. The van der Waals surface area contributed by atoms with Crippen molar-refractivity contribution >= 4 is 47.8 Å². The van der Waals surface area contributed by atoms with Crippen LogP contribution in [0.5, 0.6) is 0 Å². The molecule has 0 radical (unpaired) electrons. The first-order valence-corrected chi connectivity index (χ1v) is 19.5. The molecule has 4 aliphatic rings. The van der Waals surface area contributed by atoms with Gasteiger partial charge in [-0.25, -0.2) is 14.4 Å². The van der Waals surface area contributed by atoms with Crippen LogP contribution < -0.4 is 0 Å². The van der Waals surface area contributed by atoms with E-state index in [0.29, 0.717) is 0 Å². The summed E-state index contributed by atoms with van der Waals surface area (Å²) in [5, 5.41) is 25.3. The van der Waals surface area contributed by atoms with Crippen LogP contribution in [0.3, 0.4) is 0 Å². The van der Waals surface area contributed by atoms with Gasteiger partial charge in [0.15, 0.2) is 35.6 Å². The number of nitrogens with zero attached hydrogens (tertiary/aromatic N) is 1. The molecule has 1 spiro atoms. The minimum absolute atomic E-state index is 0.0776. The number of aromatic nitrogens is 1. The maximum atomic E-state index is 14.4. The van der Waals surface area contributed by atoms with Gasteiger partial charge in [0.2, 0.25) is 0 Å². The Morgan fingerprint density at radius 2 is 1.42 bits per heavy atom. The summed E-state index contributed by atoms with van der Waals surface area (Å²) in [6.45, 7) is 6.25. The van der Waals surface area contributed by atoms with Crippen LogP contribution in [0.15, 0.2) is 41.3 Å². The highest BCUT2D eigenvalue weighted by atomic mass is 16.7. The monoisotopic (exact) mass is 873 g/mol. The van der Waals surface area contributed by atoms with Crippen molar-refractivity contribution in [1.82, 2.24) is 4.98 Å². The van der Waals surface area contributed by atoms with Gasteiger partial charge >= 0.3 is 47.8 Å². The summed E-state index contributed by atoms with van der Waals surface area (Å²) in [6.07, 6.45) is -10.1. The van der Waals surface area contributed by atoms with Crippen LogP contribution in [0.4, 0.5) is 0 Å². The third-order valence-electron chi connectivity index (χ3n) is 11.9. The van der Waals surface area contributed by atoms with Crippen molar-refractivity contribution in [2.45, 2.75) is 127 Å². The first-order chi connectivity index (χ1) is 28.9. The zero-order valence-electron chi connectivity index (χ0n) is 35.0. The van der Waals surface area contributed by atoms with Crippen molar-refractivity contribution in [3.8, 4) is 0 Å². The summed E-state index contributed by atoms with van der Waals surface area (Å²) in [5.74, 6) is -10.7. The molecule has 2 aromatic rings. The summed E-state index contributed by atoms with van der Waals surface area (Å²) >= 11 is 0. The maximum absolute atomic E-state index is 14.4. The SMILES string of the molecule is CC(=O)OC[C@@]12[C@H](OC(C)=O)[C@H](OC(C)=O)[C@H]3[C@H](OC(C)=O)[C@@]14O[C@]3(C)COC(=O)c1cccnc1CC[C@](C)(O)C(=O)O[C@@H]([C@@H](OC(=O)c1ccoc1)[C@H]2OC(C)=O)[C@]4(C)O. The lowest BCUT2D eigenvalue weighted by Gasteiger charge is -2.67. The molecule has 4 bridgehead atoms. The third kappa shape index (κ3) is 7.54. The number of pyridine rings is 1. The van der Waals surface area contributed by atoms with Gasteiger partial charge in [-0.15, -0.1) is 0 Å². The minimum Gasteiger partial charge on any atom is -0.472 e. The highest BCUT2D eigenvalue weighted by Gasteiger charge is 2.92. The van der Waals surface area contributed by atoms with Crippen molar-refractivity contribution in [3.05, 3.63) is 53.7 Å². The van der Waals surface area contributed by atoms with E-state index in [1.807, 2.05) is 0 Å². The van der Waals surface area contributed by atoms with Gasteiger partial charge < -0.3 is 57.3 Å². The largest absolute Gasteiger partial charge is 0.472 e. The number of carbonyl (C=O) groups excluding carboxylic acids is 8. The smallest absolute Gasteiger partial charge is 0.341 e. The van der Waals surface area contributed by atoms with Crippen molar-refractivity contribution < 1.29 is 95.6 Å². The Balaban J connectivity index is 1.79. The normalized spacial score (nSPS) is 36.3. The zero-order valence-corrected chi connectivity index (χ0v) is 35.0. The van der Waals surface area contributed by atoms with Gasteiger partial charge in [-0.05, 0) is 51.8 Å². The van der Waals surface area contributed by atoms with E-state index < -0.39 is 138 Å². The molecule has 2 aliphatic carbocycles. The molecular weight excluding hydrogens is 826 g/mol. The van der Waals surface area contributed by atoms with E-state index in [0.717, 1.165) is 61.0 Å². The van der Waals surface area contributed by atoms with Gasteiger partial charge in [-0.3, -0.25) is 29.0 Å². The summed E-state index contributed by atoms with van der Waals surface area (Å²) in [6, 6.07) is 3.99. The lowest BCUT2D eigenvalue weighted by Crippen LogP contribution is -2.89. The molecule has 62 heavy (non-hydrogen) atoms. The summed E-state index contributed by atoms with van der Waals surface area (Å²) in [4.78, 5) is 113. The second-order valence-electron chi connectivity index (χ2n) is 16.4. The quantitative estimate of drug-likeness (QED) is 0.275. The van der Waals surface area contributed by atoms with Gasteiger partial charge in [0.05, 0.1) is 29.0 Å². The summed E-state index contributed by atoms with van der Waals surface area (Å²) in [7, 11) is 0. The van der Waals surface area contributed by atoms with Crippen LogP contribution in [0.25, 0.3) is 0 Å². The molecule has 2 saturated carbocycles. The molecular formula is C41H47NO20. The number of aliphatic hydroxyl groups is 2. The van der Waals surface area contributed by atoms with E-state index in [4.69, 9.17) is 47.0 Å². The van der Waals surface area contributed by atoms with Crippen LogP contribution >= 0.6 is 0 Å². The van der Waals surface area contributed by atoms with Gasteiger partial charge in [-0.1, -0.05) is 0 Å². The highest BCUT2D eigenvalue weighted by Crippen LogP contribution is 2.70. The molecule has 6 rings (SSSR count). The fourth-order valence-electron chi connectivity index (χ4n) is 9.53. The molecule has 2 aromatic heterocycles. The number of furan rings is 1. The number of cyclic esters (lactones) is 1. The predicted octanol–water partition coefficient (Wildman–Crippen LogP) is 0.864. The molecule has 0 unspecified atom stereocenters. The molecule has 4 heterocycles. The molecule has 2 aliphatic heterocycles. The van der Waals surface area contributed by atoms with E-state index in [1.54, 1.807) is 0 Å². The first kappa shape index (κ1) is 45.6. The predicted molar refractivity (Wildman–Crippen MR) is 199 cm³/mol. The maximum Gasteiger partial charge on any atom is 0.341 e. The Morgan fingerprint density at radius 1 is 0.806 bits per heavy atom. The van der Waals surface area contributed by atoms with Gasteiger partial charge in [0.1, 0.15) is 48.3 Å². The van der Waals surface area contributed by atoms with Crippen molar-refractivity contribution in [2.75, 3.05) is 13.2 Å². The second kappa shape index (κ2) is 16.4. The number of fused-ring (bicyclic) bond motifs is 5. The summed E-state index contributed by atoms with van der Waals surface area (Å²) in [5.41, 5.74) is -13.5. The van der Waals surface area contributed by atoms with Crippen LogP contribution in [-0.4, -0.2) is 135 Å². The number of rotatable bonds is 8. The van der Waals surface area contributed by atoms with E-state index in [-0.39, 0.29) is 23.2 Å². The zero-order chi connectivity index (χ0) is 45.7. The number of esters is 8. The van der Waals surface area contributed by atoms with Crippen LogP contribution in [0.2, 0.25) is 0 Å². The number of carbonyl (C=O) groups is 8. The molecule has 12 atom stereocenters. The lowest BCUT2D eigenvalue weighted by molar-refractivity contribution is -0.386. The Hall–Kier alpha value is -5.93. The Morgan fingerprint density at radius 3 is 2.00 bits per heavy atom. The molecule has 336 valence electrons.